The van der Waals surface area contributed by atoms with Gasteiger partial charge >= 0.3 is 24.3 Å². The molecule has 7 nitrogen and oxygen atoms in total. The largest absolute Gasteiger partial charge is 0.490 e. The molecular weight excluding hydrogens is 494 g/mol. The van der Waals surface area contributed by atoms with Crippen LogP contribution in [0.15, 0.2) is 39.6 Å². The Labute approximate surface area is 194 Å². The van der Waals surface area contributed by atoms with Crippen LogP contribution in [0, 0.1) is 5.41 Å². The number of thiophene rings is 1. The summed E-state index contributed by atoms with van der Waals surface area (Å²) in [6, 6.07) is 6.30. The molecule has 14 heteroatoms. The Morgan fingerprint density at radius 3 is 1.97 bits per heavy atom. The fourth-order valence-electron chi connectivity index (χ4n) is 3.70. The number of carboxylic acids is 2. The second-order valence-electron chi connectivity index (χ2n) is 7.92. The lowest BCUT2D eigenvalue weighted by Crippen LogP contribution is -2.56. The number of furan rings is 1. The van der Waals surface area contributed by atoms with Gasteiger partial charge in [-0.3, -0.25) is 9.80 Å². The summed E-state index contributed by atoms with van der Waals surface area (Å²) in [5.74, 6) is -4.42. The van der Waals surface area contributed by atoms with Crippen LogP contribution in [-0.4, -0.2) is 70.5 Å². The molecule has 2 saturated heterocycles. The highest BCUT2D eigenvalue weighted by Crippen LogP contribution is 2.40. The first-order valence-electron chi connectivity index (χ1n) is 9.79. The van der Waals surface area contributed by atoms with Gasteiger partial charge in [0.05, 0.1) is 12.8 Å². The molecule has 2 aromatic heterocycles. The van der Waals surface area contributed by atoms with Crippen LogP contribution in [0.4, 0.5) is 26.3 Å². The Bertz CT molecular complexity index is 885. The zero-order valence-corrected chi connectivity index (χ0v) is 18.4. The molecule has 2 aliphatic heterocycles. The van der Waals surface area contributed by atoms with Crippen LogP contribution < -0.4 is 0 Å². The lowest BCUT2D eigenvalue weighted by atomic mass is 9.79. The highest BCUT2D eigenvalue weighted by Gasteiger charge is 2.47. The summed E-state index contributed by atoms with van der Waals surface area (Å²) >= 11 is 1.80. The number of carboxylic acid groups (broad SMARTS) is 2. The van der Waals surface area contributed by atoms with E-state index in [0.717, 1.165) is 18.8 Å². The van der Waals surface area contributed by atoms with Crippen LogP contribution in [0.3, 0.4) is 0 Å². The Hall–Kier alpha value is -2.58. The van der Waals surface area contributed by atoms with E-state index in [1.54, 1.807) is 17.6 Å². The van der Waals surface area contributed by atoms with E-state index in [9.17, 15) is 26.3 Å². The van der Waals surface area contributed by atoms with Crippen LogP contribution in [0.25, 0.3) is 0 Å². The molecule has 0 bridgehead atoms. The first-order valence-corrected chi connectivity index (χ1v) is 10.7. The zero-order valence-electron chi connectivity index (χ0n) is 17.6. The second kappa shape index (κ2) is 11.2. The molecule has 0 aromatic carbocycles. The number of aliphatic carboxylic acids is 2. The van der Waals surface area contributed by atoms with Crippen molar-refractivity contribution in [3.8, 4) is 0 Å². The monoisotopic (exact) mass is 516 g/mol. The molecule has 34 heavy (non-hydrogen) atoms. The minimum Gasteiger partial charge on any atom is -0.475 e. The summed E-state index contributed by atoms with van der Waals surface area (Å²) in [6.45, 7) is 7.08. The molecule has 0 atom stereocenters. The summed E-state index contributed by atoms with van der Waals surface area (Å²) in [4.78, 5) is 22.9. The molecule has 2 N–H and O–H groups in total. The van der Waals surface area contributed by atoms with Gasteiger partial charge in [-0.25, -0.2) is 9.59 Å². The number of likely N-dealkylation sites (tertiary alicyclic amines) is 2. The van der Waals surface area contributed by atoms with Gasteiger partial charge in [0.2, 0.25) is 0 Å². The number of hydrogen-bond acceptors (Lipinski definition) is 6. The van der Waals surface area contributed by atoms with Crippen LogP contribution in [0.1, 0.15) is 17.7 Å². The fourth-order valence-corrected chi connectivity index (χ4v) is 4.36. The predicted octanol–water partition coefficient (Wildman–Crippen LogP) is 4.32. The van der Waals surface area contributed by atoms with Crippen LogP contribution in [-0.2, 0) is 22.7 Å². The van der Waals surface area contributed by atoms with Gasteiger partial charge in [-0.15, -0.1) is 0 Å². The maximum Gasteiger partial charge on any atom is 0.490 e. The highest BCUT2D eigenvalue weighted by atomic mass is 32.1. The fraction of sp³-hybridized carbons (Fsp3) is 0.500. The number of alkyl halides is 6. The van der Waals surface area contributed by atoms with Gasteiger partial charge in [-0.2, -0.15) is 37.7 Å². The molecule has 2 aromatic rings. The van der Waals surface area contributed by atoms with Gasteiger partial charge in [-0.1, -0.05) is 0 Å². The summed E-state index contributed by atoms with van der Waals surface area (Å²) in [5.41, 5.74) is 2.03. The van der Waals surface area contributed by atoms with Crippen molar-refractivity contribution < 1.29 is 50.6 Å². The third kappa shape index (κ3) is 8.65. The smallest absolute Gasteiger partial charge is 0.475 e. The maximum absolute atomic E-state index is 10.6. The van der Waals surface area contributed by atoms with Crippen LogP contribution in [0.2, 0.25) is 0 Å². The van der Waals surface area contributed by atoms with E-state index in [2.05, 4.69) is 32.7 Å². The van der Waals surface area contributed by atoms with Gasteiger partial charge in [0.1, 0.15) is 5.76 Å². The molecule has 2 fully saturated rings. The number of nitrogens with zero attached hydrogens (tertiary/aromatic N) is 2. The van der Waals surface area contributed by atoms with Crippen molar-refractivity contribution in [1.82, 2.24) is 9.80 Å². The van der Waals surface area contributed by atoms with Crippen molar-refractivity contribution in [3.63, 3.8) is 0 Å². The normalized spacial score (nSPS) is 17.8. The van der Waals surface area contributed by atoms with E-state index >= 15 is 0 Å². The minimum absolute atomic E-state index is 0.558. The van der Waals surface area contributed by atoms with Gasteiger partial charge in [0, 0.05) is 31.6 Å². The maximum atomic E-state index is 10.6. The molecular formula is C20H22F6N2O5S. The molecule has 4 rings (SSSR count). The minimum atomic E-state index is -5.08. The standard InChI is InChI=1S/C16H20N2OS.2C2HF3O2/c1-2-15(19-6-1)9-18-12-16(13-18)4-5-17(11-16)8-14-3-7-20-10-14;2*3-2(4,5)1(6)7/h1-3,6-7,10H,4-5,8-9,11-13H2;2*(H,6,7). The topological polar surface area (TPSA) is 94.2 Å². The van der Waals surface area contributed by atoms with Crippen LogP contribution >= 0.6 is 11.3 Å². The van der Waals surface area contributed by atoms with E-state index in [1.807, 2.05) is 6.07 Å². The van der Waals surface area contributed by atoms with Crippen molar-refractivity contribution in [2.24, 2.45) is 5.41 Å². The van der Waals surface area contributed by atoms with Crippen molar-refractivity contribution >= 4 is 23.3 Å². The summed E-state index contributed by atoms with van der Waals surface area (Å²) in [7, 11) is 0. The number of halogens is 6. The Kier molecular flexibility index (Phi) is 9.14. The molecule has 1 spiro atoms. The van der Waals surface area contributed by atoms with Crippen molar-refractivity contribution in [1.29, 1.82) is 0 Å². The Balaban J connectivity index is 0.000000244. The van der Waals surface area contributed by atoms with E-state index < -0.39 is 24.3 Å². The van der Waals surface area contributed by atoms with Crippen LogP contribution in [0.5, 0.6) is 0 Å². The first kappa shape index (κ1) is 27.7. The SMILES string of the molecule is O=C(O)C(F)(F)F.O=C(O)C(F)(F)F.c1coc(CN2CC3(CCN(Cc4ccsc4)C3)C2)c1. The molecule has 0 aliphatic carbocycles. The Morgan fingerprint density at radius 1 is 0.971 bits per heavy atom. The van der Waals surface area contributed by atoms with E-state index in [-0.39, 0.29) is 0 Å². The average Bonchev–Trinajstić information content (AvgIpc) is 3.44. The zero-order chi connectivity index (χ0) is 25.6. The summed E-state index contributed by atoms with van der Waals surface area (Å²) in [6.07, 6.45) is -7.05. The van der Waals surface area contributed by atoms with Gasteiger partial charge in [-0.05, 0) is 47.5 Å². The highest BCUT2D eigenvalue weighted by molar-refractivity contribution is 7.07. The van der Waals surface area contributed by atoms with E-state index in [4.69, 9.17) is 24.2 Å². The van der Waals surface area contributed by atoms with Crippen molar-refractivity contribution in [3.05, 3.63) is 46.5 Å². The van der Waals surface area contributed by atoms with Gasteiger partial charge in [0.25, 0.3) is 0 Å². The van der Waals surface area contributed by atoms with Crippen molar-refractivity contribution in [2.45, 2.75) is 31.9 Å². The lowest BCUT2D eigenvalue weighted by molar-refractivity contribution is -0.193. The van der Waals surface area contributed by atoms with E-state index in [1.165, 1.54) is 38.2 Å². The third-order valence-electron chi connectivity index (χ3n) is 5.07. The summed E-state index contributed by atoms with van der Waals surface area (Å²) < 4.78 is 68.9. The molecule has 2 aliphatic rings. The second-order valence-corrected chi connectivity index (χ2v) is 8.70. The summed E-state index contributed by atoms with van der Waals surface area (Å²) in [5, 5.41) is 18.7. The van der Waals surface area contributed by atoms with Crippen molar-refractivity contribution in [2.75, 3.05) is 26.2 Å². The molecule has 0 radical (unpaired) electrons. The number of hydrogen-bond donors (Lipinski definition) is 2. The molecule has 4 heterocycles. The van der Waals surface area contributed by atoms with Gasteiger partial charge < -0.3 is 14.6 Å². The average molecular weight is 516 g/mol. The molecule has 0 unspecified atom stereocenters. The predicted molar refractivity (Wildman–Crippen MR) is 108 cm³/mol. The quantitative estimate of drug-likeness (QED) is 0.585. The Morgan fingerprint density at radius 2 is 1.53 bits per heavy atom. The van der Waals surface area contributed by atoms with E-state index in [0.29, 0.717) is 5.41 Å². The molecule has 0 amide bonds. The molecule has 190 valence electrons. The molecule has 0 saturated carbocycles. The third-order valence-corrected chi connectivity index (χ3v) is 5.80. The lowest BCUT2D eigenvalue weighted by Gasteiger charge is -2.48. The number of rotatable bonds is 4. The van der Waals surface area contributed by atoms with Gasteiger partial charge in [0.15, 0.2) is 0 Å². The first-order chi connectivity index (χ1) is 15.7. The number of carbonyl (C=O) groups is 2.